The first kappa shape index (κ1) is 16.1. The lowest BCUT2D eigenvalue weighted by molar-refractivity contribution is 0.0962. The highest BCUT2D eigenvalue weighted by Gasteiger charge is 2.28. The Morgan fingerprint density at radius 1 is 0.963 bits per heavy atom. The number of Topliss-reactive ketones (excluding diaryl/α,β-unsaturated/α-hetero) is 1. The Hall–Kier alpha value is -3.05. The van der Waals surface area contributed by atoms with E-state index in [2.05, 4.69) is 27.2 Å². The van der Waals surface area contributed by atoms with E-state index in [0.717, 1.165) is 17.7 Å². The summed E-state index contributed by atoms with van der Waals surface area (Å²) in [5, 5.41) is 5.14. The van der Waals surface area contributed by atoms with Gasteiger partial charge in [0, 0.05) is 23.2 Å². The van der Waals surface area contributed by atoms with Crippen LogP contribution in [0.3, 0.4) is 0 Å². The summed E-state index contributed by atoms with van der Waals surface area (Å²) in [7, 11) is 0. The number of benzene rings is 2. The van der Waals surface area contributed by atoms with Gasteiger partial charge in [-0.2, -0.15) is 4.98 Å². The number of carbonyl (C=O) groups is 1. The standard InChI is InChI=1S/C21H15ClN4O/c22-16-8-6-14(7-9-16)20-24-21-23-18-10-15(13-4-2-1-3-5-13)11-19(27)17(18)12-26(21)25-20/h1-9,12,15H,10-11H2/t15-/m1/s1. The van der Waals surface area contributed by atoms with Gasteiger partial charge in [0.05, 0.1) is 11.3 Å². The molecule has 6 heteroatoms. The molecule has 0 aliphatic heterocycles. The highest BCUT2D eigenvalue weighted by Crippen LogP contribution is 2.32. The maximum absolute atomic E-state index is 12.7. The maximum Gasteiger partial charge on any atom is 0.252 e. The second-order valence-corrected chi connectivity index (χ2v) is 7.16. The highest BCUT2D eigenvalue weighted by molar-refractivity contribution is 6.30. The molecule has 1 aliphatic rings. The average molecular weight is 375 g/mol. The Labute approximate surface area is 160 Å². The number of hydrogen-bond donors (Lipinski definition) is 0. The van der Waals surface area contributed by atoms with Crippen molar-refractivity contribution < 1.29 is 4.79 Å². The summed E-state index contributed by atoms with van der Waals surface area (Å²) in [6, 6.07) is 17.5. The molecule has 0 bridgehead atoms. The summed E-state index contributed by atoms with van der Waals surface area (Å²) < 4.78 is 1.59. The van der Waals surface area contributed by atoms with Gasteiger partial charge in [0.1, 0.15) is 0 Å². The van der Waals surface area contributed by atoms with Crippen LogP contribution in [0.2, 0.25) is 5.02 Å². The van der Waals surface area contributed by atoms with E-state index in [1.54, 1.807) is 22.8 Å². The zero-order chi connectivity index (χ0) is 18.4. The molecule has 0 saturated heterocycles. The van der Waals surface area contributed by atoms with Gasteiger partial charge >= 0.3 is 0 Å². The van der Waals surface area contributed by atoms with Gasteiger partial charge in [-0.25, -0.2) is 9.50 Å². The lowest BCUT2D eigenvalue weighted by Crippen LogP contribution is -2.21. The van der Waals surface area contributed by atoms with Crippen molar-refractivity contribution in [2.45, 2.75) is 18.8 Å². The number of hydrogen-bond acceptors (Lipinski definition) is 4. The molecule has 4 aromatic rings. The van der Waals surface area contributed by atoms with Crippen molar-refractivity contribution in [3.05, 3.63) is 82.6 Å². The number of halogens is 1. The minimum Gasteiger partial charge on any atom is -0.294 e. The fourth-order valence-corrected chi connectivity index (χ4v) is 3.69. The lowest BCUT2D eigenvalue weighted by atomic mass is 9.82. The number of ketones is 1. The van der Waals surface area contributed by atoms with Gasteiger partial charge in [0.2, 0.25) is 0 Å². The number of rotatable bonds is 2. The van der Waals surface area contributed by atoms with Crippen molar-refractivity contribution in [2.75, 3.05) is 0 Å². The predicted octanol–water partition coefficient (Wildman–Crippen LogP) is 4.36. The Morgan fingerprint density at radius 2 is 1.74 bits per heavy atom. The van der Waals surface area contributed by atoms with Gasteiger partial charge in [0.25, 0.3) is 5.78 Å². The maximum atomic E-state index is 12.7. The summed E-state index contributed by atoms with van der Waals surface area (Å²) >= 11 is 5.95. The summed E-state index contributed by atoms with van der Waals surface area (Å²) in [4.78, 5) is 21.9. The van der Waals surface area contributed by atoms with Crippen molar-refractivity contribution in [2.24, 2.45) is 0 Å². The van der Waals surface area contributed by atoms with Gasteiger partial charge in [-0.1, -0.05) is 41.9 Å². The molecule has 27 heavy (non-hydrogen) atoms. The molecule has 132 valence electrons. The van der Waals surface area contributed by atoms with Crippen LogP contribution in [0.1, 0.15) is 34.0 Å². The summed E-state index contributed by atoms with van der Waals surface area (Å²) in [5.41, 5.74) is 3.46. The Balaban J connectivity index is 1.56. The lowest BCUT2D eigenvalue weighted by Gasteiger charge is -2.22. The van der Waals surface area contributed by atoms with Crippen molar-refractivity contribution in [1.82, 2.24) is 19.6 Å². The minimum atomic E-state index is 0.100. The summed E-state index contributed by atoms with van der Waals surface area (Å²) in [5.74, 6) is 1.32. The number of carbonyl (C=O) groups excluding carboxylic acids is 1. The van der Waals surface area contributed by atoms with Crippen molar-refractivity contribution in [3.8, 4) is 11.4 Å². The molecule has 0 unspecified atom stereocenters. The first-order valence-electron chi connectivity index (χ1n) is 8.78. The first-order valence-corrected chi connectivity index (χ1v) is 9.15. The molecule has 0 amide bonds. The van der Waals surface area contributed by atoms with E-state index in [1.807, 2.05) is 30.3 Å². The van der Waals surface area contributed by atoms with Gasteiger partial charge in [-0.05, 0) is 42.2 Å². The van der Waals surface area contributed by atoms with E-state index in [9.17, 15) is 4.79 Å². The van der Waals surface area contributed by atoms with Crippen LogP contribution in [0.4, 0.5) is 0 Å². The van der Waals surface area contributed by atoms with Gasteiger partial charge in [0.15, 0.2) is 11.6 Å². The highest BCUT2D eigenvalue weighted by atomic mass is 35.5. The second-order valence-electron chi connectivity index (χ2n) is 6.73. The zero-order valence-corrected chi connectivity index (χ0v) is 15.1. The fraction of sp³-hybridized carbons (Fsp3) is 0.143. The van der Waals surface area contributed by atoms with Crippen LogP contribution < -0.4 is 0 Å². The average Bonchev–Trinajstić information content (AvgIpc) is 3.10. The monoisotopic (exact) mass is 374 g/mol. The third-order valence-corrected chi connectivity index (χ3v) is 5.21. The van der Waals surface area contributed by atoms with Gasteiger partial charge < -0.3 is 0 Å². The van der Waals surface area contributed by atoms with Crippen LogP contribution in [0.15, 0.2) is 60.8 Å². The minimum absolute atomic E-state index is 0.100. The molecule has 5 nitrogen and oxygen atoms in total. The van der Waals surface area contributed by atoms with Gasteiger partial charge in [-0.3, -0.25) is 4.79 Å². The summed E-state index contributed by atoms with van der Waals surface area (Å²) in [6.45, 7) is 0. The van der Waals surface area contributed by atoms with Gasteiger partial charge in [-0.15, -0.1) is 5.10 Å². The molecule has 0 radical (unpaired) electrons. The van der Waals surface area contributed by atoms with Crippen LogP contribution in [0.5, 0.6) is 0 Å². The van der Waals surface area contributed by atoms with Crippen LogP contribution in [-0.2, 0) is 6.42 Å². The normalized spacial score (nSPS) is 16.5. The van der Waals surface area contributed by atoms with E-state index < -0.39 is 0 Å². The molecule has 0 N–H and O–H groups in total. The van der Waals surface area contributed by atoms with Crippen molar-refractivity contribution >= 4 is 23.2 Å². The van der Waals surface area contributed by atoms with E-state index in [4.69, 9.17) is 11.6 Å². The molecule has 1 aliphatic carbocycles. The largest absolute Gasteiger partial charge is 0.294 e. The Bertz CT molecular complexity index is 1150. The molecular weight excluding hydrogens is 360 g/mol. The van der Waals surface area contributed by atoms with E-state index in [0.29, 0.717) is 28.6 Å². The van der Waals surface area contributed by atoms with E-state index in [-0.39, 0.29) is 11.7 Å². The fourth-order valence-electron chi connectivity index (χ4n) is 3.57. The predicted molar refractivity (Wildman–Crippen MR) is 103 cm³/mol. The van der Waals surface area contributed by atoms with Crippen LogP contribution in [-0.4, -0.2) is 25.4 Å². The van der Waals surface area contributed by atoms with Crippen molar-refractivity contribution in [1.29, 1.82) is 0 Å². The van der Waals surface area contributed by atoms with E-state index >= 15 is 0 Å². The third kappa shape index (κ3) is 2.90. The first-order chi connectivity index (χ1) is 13.2. The Morgan fingerprint density at radius 3 is 2.52 bits per heavy atom. The Kier molecular flexibility index (Phi) is 3.76. The number of fused-ring (bicyclic) bond motifs is 2. The second kappa shape index (κ2) is 6.28. The smallest absolute Gasteiger partial charge is 0.252 e. The number of nitrogens with zero attached hydrogens (tertiary/aromatic N) is 4. The van der Waals surface area contributed by atoms with Crippen molar-refractivity contribution in [3.63, 3.8) is 0 Å². The molecule has 0 saturated carbocycles. The molecule has 5 rings (SSSR count). The van der Waals surface area contributed by atoms with Crippen LogP contribution in [0, 0.1) is 0 Å². The van der Waals surface area contributed by atoms with Crippen LogP contribution in [0.25, 0.3) is 17.2 Å². The molecule has 0 fully saturated rings. The molecular formula is C21H15ClN4O. The number of aromatic nitrogens is 4. The third-order valence-electron chi connectivity index (χ3n) is 4.96. The molecule has 0 spiro atoms. The molecule has 2 heterocycles. The summed E-state index contributed by atoms with van der Waals surface area (Å²) in [6.07, 6.45) is 2.97. The quantitative estimate of drug-likeness (QED) is 0.523. The molecule has 2 aromatic carbocycles. The van der Waals surface area contributed by atoms with Crippen LogP contribution >= 0.6 is 11.6 Å². The van der Waals surface area contributed by atoms with E-state index in [1.165, 1.54) is 5.56 Å². The zero-order valence-electron chi connectivity index (χ0n) is 14.3. The topological polar surface area (TPSA) is 60.2 Å². The molecule has 1 atom stereocenters. The molecule has 2 aromatic heterocycles. The SMILES string of the molecule is O=C1C[C@H](c2ccccc2)Cc2nc3nc(-c4ccc(Cl)cc4)nn3cc21.